The molecular weight excluding hydrogens is 308 g/mol. The molecule has 0 saturated heterocycles. The maximum atomic E-state index is 12.7. The van der Waals surface area contributed by atoms with Gasteiger partial charge < -0.3 is 10.2 Å². The van der Waals surface area contributed by atoms with Crippen LogP contribution < -0.4 is 5.73 Å². The normalized spacial score (nSPS) is 12.2. The summed E-state index contributed by atoms with van der Waals surface area (Å²) in [7, 11) is -1.99. The molecule has 0 saturated carbocycles. The van der Waals surface area contributed by atoms with Gasteiger partial charge in [-0.25, -0.2) is 12.7 Å². The first kappa shape index (κ1) is 16.2. The SMILES string of the molecule is Cc1oc(C)c(S(=O)(=O)N(C)CCc2cccs2)c1CN. The van der Waals surface area contributed by atoms with Crippen molar-refractivity contribution < 1.29 is 12.8 Å². The predicted molar refractivity (Wildman–Crippen MR) is 83.9 cm³/mol. The van der Waals surface area contributed by atoms with Crippen molar-refractivity contribution in [1.29, 1.82) is 0 Å². The summed E-state index contributed by atoms with van der Waals surface area (Å²) in [5.41, 5.74) is 6.24. The molecule has 0 aliphatic rings. The average Bonchev–Trinajstić information content (AvgIpc) is 3.03. The highest BCUT2D eigenvalue weighted by Gasteiger charge is 2.29. The van der Waals surface area contributed by atoms with E-state index >= 15 is 0 Å². The van der Waals surface area contributed by atoms with Crippen molar-refractivity contribution in [2.24, 2.45) is 5.73 Å². The number of hydrogen-bond donors (Lipinski definition) is 1. The third-order valence-electron chi connectivity index (χ3n) is 3.45. The molecule has 7 heteroatoms. The number of sulfonamides is 1. The first-order valence-corrected chi connectivity index (χ1v) is 8.97. The Hall–Kier alpha value is -1.15. The fraction of sp³-hybridized carbons (Fsp3) is 0.429. The Kier molecular flexibility index (Phi) is 4.88. The van der Waals surface area contributed by atoms with Crippen LogP contribution in [0.5, 0.6) is 0 Å². The van der Waals surface area contributed by atoms with Gasteiger partial charge in [-0.15, -0.1) is 11.3 Å². The van der Waals surface area contributed by atoms with Crippen molar-refractivity contribution >= 4 is 21.4 Å². The van der Waals surface area contributed by atoms with Crippen molar-refractivity contribution in [3.8, 4) is 0 Å². The van der Waals surface area contributed by atoms with Gasteiger partial charge in [-0.05, 0) is 31.7 Å². The summed E-state index contributed by atoms with van der Waals surface area (Å²) in [4.78, 5) is 1.38. The standard InChI is InChI=1S/C14H20N2O3S2/c1-10-13(9-15)14(11(2)19-10)21(17,18)16(3)7-6-12-5-4-8-20-12/h4-5,8H,6-7,9,15H2,1-3H3. The van der Waals surface area contributed by atoms with Crippen LogP contribution >= 0.6 is 11.3 Å². The number of hydrogen-bond acceptors (Lipinski definition) is 5. The van der Waals surface area contributed by atoms with Gasteiger partial charge in [-0.2, -0.15) is 0 Å². The van der Waals surface area contributed by atoms with Crippen LogP contribution in [-0.2, 0) is 23.0 Å². The zero-order valence-electron chi connectivity index (χ0n) is 12.4. The maximum Gasteiger partial charge on any atom is 0.246 e. The Morgan fingerprint density at radius 2 is 2.05 bits per heavy atom. The van der Waals surface area contributed by atoms with Crippen LogP contribution in [0.15, 0.2) is 26.8 Å². The molecule has 2 heterocycles. The number of nitrogens with two attached hydrogens (primary N) is 1. The molecule has 0 fully saturated rings. The van der Waals surface area contributed by atoms with Crippen molar-refractivity contribution in [3.05, 3.63) is 39.5 Å². The highest BCUT2D eigenvalue weighted by Crippen LogP contribution is 2.28. The Balaban J connectivity index is 2.25. The lowest BCUT2D eigenvalue weighted by atomic mass is 10.2. The van der Waals surface area contributed by atoms with Crippen molar-refractivity contribution in [2.75, 3.05) is 13.6 Å². The number of furan rings is 1. The Labute approximate surface area is 129 Å². The molecule has 0 aliphatic heterocycles. The zero-order chi connectivity index (χ0) is 15.6. The molecule has 0 unspecified atom stereocenters. The number of nitrogens with zero attached hydrogens (tertiary/aromatic N) is 1. The molecule has 5 nitrogen and oxygen atoms in total. The van der Waals surface area contributed by atoms with E-state index < -0.39 is 10.0 Å². The third kappa shape index (κ3) is 3.21. The Morgan fingerprint density at radius 1 is 1.33 bits per heavy atom. The van der Waals surface area contributed by atoms with Crippen LogP contribution in [0.1, 0.15) is 22.0 Å². The van der Waals surface area contributed by atoms with Crippen molar-refractivity contribution in [2.45, 2.75) is 31.7 Å². The zero-order valence-corrected chi connectivity index (χ0v) is 14.1. The van der Waals surface area contributed by atoms with Gasteiger partial charge in [0.2, 0.25) is 10.0 Å². The molecule has 21 heavy (non-hydrogen) atoms. The van der Waals surface area contributed by atoms with Crippen LogP contribution in [0, 0.1) is 13.8 Å². The van der Waals surface area contributed by atoms with E-state index in [2.05, 4.69) is 0 Å². The van der Waals surface area contributed by atoms with Gasteiger partial charge in [0, 0.05) is 30.6 Å². The summed E-state index contributed by atoms with van der Waals surface area (Å²) in [6.45, 7) is 3.97. The summed E-state index contributed by atoms with van der Waals surface area (Å²) in [5.74, 6) is 0.969. The molecule has 2 N–H and O–H groups in total. The molecule has 0 bridgehead atoms. The van der Waals surface area contributed by atoms with E-state index in [0.717, 1.165) is 4.88 Å². The van der Waals surface area contributed by atoms with Gasteiger partial charge in [0.05, 0.1) is 0 Å². The molecule has 0 atom stereocenters. The fourth-order valence-electron chi connectivity index (χ4n) is 2.28. The average molecular weight is 328 g/mol. The lowest BCUT2D eigenvalue weighted by Crippen LogP contribution is -2.30. The highest BCUT2D eigenvalue weighted by atomic mass is 32.2. The largest absolute Gasteiger partial charge is 0.465 e. The van der Waals surface area contributed by atoms with Crippen LogP contribution in [0.4, 0.5) is 0 Å². The van der Waals surface area contributed by atoms with Crippen molar-refractivity contribution in [1.82, 2.24) is 4.31 Å². The van der Waals surface area contributed by atoms with E-state index in [9.17, 15) is 8.42 Å². The summed E-state index contributed by atoms with van der Waals surface area (Å²) >= 11 is 1.63. The van der Waals surface area contributed by atoms with Crippen LogP contribution in [0.3, 0.4) is 0 Å². The maximum absolute atomic E-state index is 12.7. The lowest BCUT2D eigenvalue weighted by Gasteiger charge is -2.17. The van der Waals surface area contributed by atoms with E-state index in [4.69, 9.17) is 10.2 Å². The van der Waals surface area contributed by atoms with E-state index in [1.165, 1.54) is 4.31 Å². The molecule has 0 amide bonds. The molecule has 116 valence electrons. The third-order valence-corrected chi connectivity index (χ3v) is 6.44. The topological polar surface area (TPSA) is 76.5 Å². The second kappa shape index (κ2) is 6.31. The molecule has 0 aliphatic carbocycles. The van der Waals surface area contributed by atoms with Crippen molar-refractivity contribution in [3.63, 3.8) is 0 Å². The molecule has 0 aromatic carbocycles. The fourth-order valence-corrected chi connectivity index (χ4v) is 4.57. The Morgan fingerprint density at radius 3 is 2.62 bits per heavy atom. The number of thiophene rings is 1. The van der Waals surface area contributed by atoms with E-state index in [1.54, 1.807) is 32.2 Å². The molecule has 2 rings (SSSR count). The second-order valence-corrected chi connectivity index (χ2v) is 7.90. The van der Waals surface area contributed by atoms with Crippen LogP contribution in [-0.4, -0.2) is 26.3 Å². The number of likely N-dealkylation sites (N-methyl/N-ethyl adjacent to an activating group) is 1. The molecule has 2 aromatic heterocycles. The minimum Gasteiger partial charge on any atom is -0.465 e. The van der Waals surface area contributed by atoms with Gasteiger partial charge in [0.1, 0.15) is 16.4 Å². The summed E-state index contributed by atoms with van der Waals surface area (Å²) in [6, 6.07) is 3.97. The first-order chi connectivity index (χ1) is 9.87. The quantitative estimate of drug-likeness (QED) is 0.882. The summed E-state index contributed by atoms with van der Waals surface area (Å²) in [5, 5.41) is 1.99. The smallest absolute Gasteiger partial charge is 0.246 e. The molecule has 2 aromatic rings. The monoisotopic (exact) mass is 328 g/mol. The lowest BCUT2D eigenvalue weighted by molar-refractivity contribution is 0.465. The summed E-state index contributed by atoms with van der Waals surface area (Å²) < 4.78 is 32.2. The van der Waals surface area contributed by atoms with E-state index in [0.29, 0.717) is 30.0 Å². The van der Waals surface area contributed by atoms with Gasteiger partial charge in [0.25, 0.3) is 0 Å². The number of aryl methyl sites for hydroxylation is 2. The molecule has 0 spiro atoms. The van der Waals surface area contributed by atoms with E-state index in [-0.39, 0.29) is 11.4 Å². The second-order valence-electron chi connectivity index (χ2n) is 4.88. The summed E-state index contributed by atoms with van der Waals surface area (Å²) in [6.07, 6.45) is 0.696. The van der Waals surface area contributed by atoms with Crippen LogP contribution in [0.2, 0.25) is 0 Å². The first-order valence-electron chi connectivity index (χ1n) is 6.65. The highest BCUT2D eigenvalue weighted by molar-refractivity contribution is 7.89. The predicted octanol–water partition coefficient (Wildman–Crippen LogP) is 2.28. The number of rotatable bonds is 6. The minimum atomic E-state index is -3.58. The van der Waals surface area contributed by atoms with Crippen LogP contribution in [0.25, 0.3) is 0 Å². The van der Waals surface area contributed by atoms with Gasteiger partial charge in [-0.1, -0.05) is 6.07 Å². The van der Waals surface area contributed by atoms with Gasteiger partial charge in [-0.3, -0.25) is 0 Å². The van der Waals surface area contributed by atoms with E-state index in [1.807, 2.05) is 17.5 Å². The minimum absolute atomic E-state index is 0.149. The molecular formula is C14H20N2O3S2. The molecule has 0 radical (unpaired) electrons. The Bertz CT molecular complexity index is 703. The van der Waals surface area contributed by atoms with Gasteiger partial charge >= 0.3 is 0 Å². The van der Waals surface area contributed by atoms with Gasteiger partial charge in [0.15, 0.2) is 0 Å².